The lowest BCUT2D eigenvalue weighted by molar-refractivity contribution is -0.487. The van der Waals surface area contributed by atoms with Gasteiger partial charge in [0.15, 0.2) is 0 Å². The van der Waals surface area contributed by atoms with Crippen LogP contribution >= 0.6 is 0 Å². The molecule has 1 unspecified atom stereocenters. The minimum atomic E-state index is -1.23. The molecule has 0 amide bonds. The Morgan fingerprint density at radius 2 is 2.00 bits per heavy atom. The zero-order valence-corrected chi connectivity index (χ0v) is 10.4. The molecule has 18 heavy (non-hydrogen) atoms. The van der Waals surface area contributed by atoms with E-state index in [0.29, 0.717) is 6.61 Å². The highest BCUT2D eigenvalue weighted by Gasteiger charge is 2.07. The van der Waals surface area contributed by atoms with E-state index in [1.807, 2.05) is 0 Å². The maximum Gasteiger partial charge on any atom is 0.334 e. The van der Waals surface area contributed by atoms with Gasteiger partial charge in [-0.25, -0.2) is 4.79 Å². The third kappa shape index (κ3) is 8.28. The van der Waals surface area contributed by atoms with Gasteiger partial charge >= 0.3 is 5.97 Å². The zero-order chi connectivity index (χ0) is 14.0. The lowest BCUT2D eigenvalue weighted by Gasteiger charge is -2.04. The van der Waals surface area contributed by atoms with Gasteiger partial charge in [-0.15, -0.1) is 0 Å². The maximum absolute atomic E-state index is 11.2. The first-order valence-corrected chi connectivity index (χ1v) is 5.48. The Bertz CT molecular complexity index is 336. The van der Waals surface area contributed by atoms with Gasteiger partial charge in [0, 0.05) is 4.92 Å². The maximum atomic E-state index is 11.2. The van der Waals surface area contributed by atoms with E-state index < -0.39 is 23.5 Å². The van der Waals surface area contributed by atoms with Crippen LogP contribution in [0.15, 0.2) is 24.0 Å². The third-order valence-corrected chi connectivity index (χ3v) is 1.68. The smallest absolute Gasteiger partial charge is 0.334 e. The second kappa shape index (κ2) is 9.17. The molecule has 0 aromatic rings. The lowest BCUT2D eigenvalue weighted by atomic mass is 10.3. The average Bonchev–Trinajstić information content (AvgIpc) is 2.25. The molecule has 0 fully saturated rings. The van der Waals surface area contributed by atoms with Crippen LogP contribution in [0.25, 0.3) is 0 Å². The van der Waals surface area contributed by atoms with Gasteiger partial charge < -0.3 is 14.6 Å². The summed E-state index contributed by atoms with van der Waals surface area (Å²) in [6, 6.07) is 0. The highest BCUT2D eigenvalue weighted by atomic mass is 16.6. The largest absolute Gasteiger partial charge is 0.494 e. The molecular formula is C11H17NO6. The Morgan fingerprint density at radius 1 is 1.39 bits per heavy atom. The van der Waals surface area contributed by atoms with E-state index in [1.165, 1.54) is 12.2 Å². The fourth-order valence-electron chi connectivity index (χ4n) is 1.02. The number of hydrogen-bond donors (Lipinski definition) is 1. The van der Waals surface area contributed by atoms with Gasteiger partial charge in [-0.3, -0.25) is 10.1 Å². The summed E-state index contributed by atoms with van der Waals surface area (Å²) in [4.78, 5) is 20.7. The first-order valence-electron chi connectivity index (χ1n) is 5.48. The number of carbonyl (C=O) groups excluding carboxylic acids is 1. The Kier molecular flexibility index (Phi) is 8.21. The van der Waals surface area contributed by atoms with Gasteiger partial charge in [-0.2, -0.15) is 0 Å². The summed E-state index contributed by atoms with van der Waals surface area (Å²) in [7, 11) is 0. The molecular weight excluding hydrogens is 242 g/mol. The number of aliphatic hydroxyl groups is 1. The number of hydrogen-bond acceptors (Lipinski definition) is 6. The highest BCUT2D eigenvalue weighted by Crippen LogP contribution is 2.02. The highest BCUT2D eigenvalue weighted by molar-refractivity contribution is 5.82. The van der Waals surface area contributed by atoms with Crippen molar-refractivity contribution >= 4 is 5.97 Å². The van der Waals surface area contributed by atoms with Crippen LogP contribution in [0.1, 0.15) is 13.8 Å². The molecule has 102 valence electrons. The average molecular weight is 259 g/mol. The van der Waals surface area contributed by atoms with Crippen LogP contribution in [0.2, 0.25) is 0 Å². The lowest BCUT2D eigenvalue weighted by Crippen LogP contribution is -2.16. The summed E-state index contributed by atoms with van der Waals surface area (Å²) in [6.45, 7) is 3.35. The molecule has 0 aliphatic rings. The second-order valence-electron chi connectivity index (χ2n) is 3.17. The van der Waals surface area contributed by atoms with Crippen molar-refractivity contribution in [3.63, 3.8) is 0 Å². The molecule has 1 N–H and O–H groups in total. The Balaban J connectivity index is 4.55. The monoisotopic (exact) mass is 259 g/mol. The summed E-state index contributed by atoms with van der Waals surface area (Å²) < 4.78 is 9.80. The molecule has 1 atom stereocenters. The van der Waals surface area contributed by atoms with Crippen molar-refractivity contribution < 1.29 is 24.3 Å². The van der Waals surface area contributed by atoms with E-state index in [2.05, 4.69) is 0 Å². The van der Waals surface area contributed by atoms with E-state index in [1.54, 1.807) is 13.8 Å². The summed E-state index contributed by atoms with van der Waals surface area (Å²) in [5.74, 6) is -0.396. The van der Waals surface area contributed by atoms with Crippen molar-refractivity contribution in [2.24, 2.45) is 0 Å². The van der Waals surface area contributed by atoms with Crippen LogP contribution in [-0.4, -0.2) is 41.9 Å². The molecule has 0 aromatic heterocycles. The Labute approximate surface area is 105 Å². The van der Waals surface area contributed by atoms with Crippen LogP contribution in [0.4, 0.5) is 0 Å². The van der Waals surface area contributed by atoms with E-state index in [0.717, 1.165) is 6.08 Å². The van der Waals surface area contributed by atoms with Crippen molar-refractivity contribution in [3.8, 4) is 0 Å². The number of nitrogens with zero attached hydrogens (tertiary/aromatic N) is 1. The quantitative estimate of drug-likeness (QED) is 0.172. The molecule has 0 rings (SSSR count). The molecule has 0 aliphatic heterocycles. The zero-order valence-electron chi connectivity index (χ0n) is 10.4. The van der Waals surface area contributed by atoms with Crippen molar-refractivity contribution in [3.05, 3.63) is 34.1 Å². The molecule has 0 aliphatic carbocycles. The molecule has 0 radical (unpaired) electrons. The number of ether oxygens (including phenoxy) is 2. The van der Waals surface area contributed by atoms with Gasteiger partial charge in [0.25, 0.3) is 0 Å². The number of nitro groups is 1. The minimum Gasteiger partial charge on any atom is -0.494 e. The van der Waals surface area contributed by atoms with Crippen molar-refractivity contribution in [2.75, 3.05) is 19.8 Å². The van der Waals surface area contributed by atoms with E-state index >= 15 is 0 Å². The molecule has 0 bridgehead atoms. The van der Waals surface area contributed by atoms with Crippen LogP contribution in [0, 0.1) is 10.1 Å². The van der Waals surface area contributed by atoms with Crippen molar-refractivity contribution in [1.29, 1.82) is 0 Å². The summed E-state index contributed by atoms with van der Waals surface area (Å²) in [5.41, 5.74) is 0. The van der Waals surface area contributed by atoms with Gasteiger partial charge in [0.1, 0.15) is 11.9 Å². The predicted octanol–water partition coefficient (Wildman–Crippen LogP) is 0.664. The standard InChI is InChI=1S/C11H17NO6/c1-3-17-10(7-11(14)18-4-2)6-5-9(13)8-12(15)16/h5-7,9,13H,3-4,8H2,1-2H3/b6-5+,10-7+. The predicted molar refractivity (Wildman–Crippen MR) is 63.4 cm³/mol. The number of aliphatic hydroxyl groups excluding tert-OH is 1. The normalized spacial score (nSPS) is 13.4. The molecule has 0 heterocycles. The second-order valence-corrected chi connectivity index (χ2v) is 3.17. The SMILES string of the molecule is CCOC(=O)/C=C(\C=C\C(O)C[N+](=O)[O-])OCC. The summed E-state index contributed by atoms with van der Waals surface area (Å²) in [6.07, 6.45) is 2.37. The van der Waals surface area contributed by atoms with E-state index in [-0.39, 0.29) is 12.4 Å². The van der Waals surface area contributed by atoms with E-state index in [9.17, 15) is 20.0 Å². The Hall–Kier alpha value is -1.89. The number of esters is 1. The third-order valence-electron chi connectivity index (χ3n) is 1.68. The van der Waals surface area contributed by atoms with Crippen molar-refractivity contribution in [2.45, 2.75) is 20.0 Å². The number of carbonyl (C=O) groups is 1. The topological polar surface area (TPSA) is 98.9 Å². The first-order chi connectivity index (χ1) is 8.49. The van der Waals surface area contributed by atoms with Crippen LogP contribution in [0.5, 0.6) is 0 Å². The Morgan fingerprint density at radius 3 is 2.50 bits per heavy atom. The van der Waals surface area contributed by atoms with Crippen molar-refractivity contribution in [1.82, 2.24) is 0 Å². The number of rotatable bonds is 8. The molecule has 7 nitrogen and oxygen atoms in total. The molecule has 0 saturated heterocycles. The fourth-order valence-corrected chi connectivity index (χ4v) is 1.02. The first kappa shape index (κ1) is 16.1. The number of allylic oxidation sites excluding steroid dienone is 1. The molecule has 0 spiro atoms. The van der Waals surface area contributed by atoms with Gasteiger partial charge in [0.2, 0.25) is 6.54 Å². The van der Waals surface area contributed by atoms with Gasteiger partial charge in [-0.05, 0) is 26.0 Å². The van der Waals surface area contributed by atoms with Crippen LogP contribution < -0.4 is 0 Å². The molecule has 0 saturated carbocycles. The summed E-state index contributed by atoms with van der Waals surface area (Å²) >= 11 is 0. The molecule has 7 heteroatoms. The molecule has 0 aromatic carbocycles. The van der Waals surface area contributed by atoms with Gasteiger partial charge in [-0.1, -0.05) is 0 Å². The van der Waals surface area contributed by atoms with Gasteiger partial charge in [0.05, 0.1) is 19.3 Å². The fraction of sp³-hybridized carbons (Fsp3) is 0.545. The van der Waals surface area contributed by atoms with Crippen LogP contribution in [0.3, 0.4) is 0 Å². The van der Waals surface area contributed by atoms with Crippen LogP contribution in [-0.2, 0) is 14.3 Å². The van der Waals surface area contributed by atoms with E-state index in [4.69, 9.17) is 9.47 Å². The minimum absolute atomic E-state index is 0.179. The summed E-state index contributed by atoms with van der Waals surface area (Å²) in [5, 5.41) is 19.4.